The Labute approximate surface area is 130 Å². The lowest BCUT2D eigenvalue weighted by Crippen LogP contribution is -2.41. The van der Waals surface area contributed by atoms with Crippen LogP contribution in [0.3, 0.4) is 0 Å². The van der Waals surface area contributed by atoms with Gasteiger partial charge in [0.05, 0.1) is 6.10 Å². The van der Waals surface area contributed by atoms with Crippen LogP contribution in [0, 0.1) is 17.3 Å². The van der Waals surface area contributed by atoms with Crippen LogP contribution in [0.15, 0.2) is 11.6 Å². The van der Waals surface area contributed by atoms with Gasteiger partial charge in [0, 0.05) is 6.26 Å². The highest BCUT2D eigenvalue weighted by Gasteiger charge is 2.47. The fourth-order valence-electron chi connectivity index (χ4n) is 4.82. The molecule has 20 heavy (non-hydrogen) atoms. The van der Waals surface area contributed by atoms with Crippen molar-refractivity contribution in [3.05, 3.63) is 11.6 Å². The predicted molar refractivity (Wildman–Crippen MR) is 89.8 cm³/mol. The fraction of sp³-hybridized carbons (Fsp3) is 0.889. The molecule has 0 amide bonds. The quantitative estimate of drug-likeness (QED) is 0.454. The highest BCUT2D eigenvalue weighted by atomic mass is 32.2. The summed E-state index contributed by atoms with van der Waals surface area (Å²) in [5.41, 5.74) is 2.17. The topological polar surface area (TPSA) is 9.23 Å². The summed E-state index contributed by atoms with van der Waals surface area (Å²) in [4.78, 5) is 0. The maximum Gasteiger partial charge on any atom is 0.0778 e. The second-order valence-electron chi connectivity index (χ2n) is 6.87. The number of allylic oxidation sites excluding steroid dienone is 2. The molecule has 3 unspecified atom stereocenters. The largest absolute Gasteiger partial charge is 0.312 e. The van der Waals surface area contributed by atoms with E-state index >= 15 is 0 Å². The Morgan fingerprint density at radius 3 is 2.60 bits per heavy atom. The molecule has 3 atom stereocenters. The lowest BCUT2D eigenvalue weighted by molar-refractivity contribution is -0.00628. The second-order valence-corrected chi connectivity index (χ2v) is 7.39. The van der Waals surface area contributed by atoms with Gasteiger partial charge in [-0.1, -0.05) is 38.3 Å². The predicted octanol–water partition coefficient (Wildman–Crippen LogP) is 6.00. The molecule has 2 aliphatic carbocycles. The van der Waals surface area contributed by atoms with Crippen LogP contribution in [0.4, 0.5) is 0 Å². The third-order valence-electron chi connectivity index (χ3n) is 6.03. The van der Waals surface area contributed by atoms with Crippen molar-refractivity contribution < 1.29 is 4.18 Å². The zero-order valence-corrected chi connectivity index (χ0v) is 14.6. The fourth-order valence-corrected chi connectivity index (χ4v) is 5.35. The Balaban J connectivity index is 2.09. The molecule has 0 bridgehead atoms. The van der Waals surface area contributed by atoms with Gasteiger partial charge in [0.25, 0.3) is 0 Å². The molecule has 1 spiro atoms. The monoisotopic (exact) mass is 296 g/mol. The van der Waals surface area contributed by atoms with Crippen molar-refractivity contribution in [2.75, 3.05) is 6.26 Å². The molecule has 2 aliphatic rings. The SMILES string of the molecule is C/C=C(/CC)C(C)C1CCC(OSC)C2(CCCC2)C1. The normalized spacial score (nSPS) is 31.7. The van der Waals surface area contributed by atoms with E-state index in [9.17, 15) is 0 Å². The Morgan fingerprint density at radius 1 is 1.35 bits per heavy atom. The molecule has 2 heteroatoms. The summed E-state index contributed by atoms with van der Waals surface area (Å²) in [6.45, 7) is 6.98. The van der Waals surface area contributed by atoms with Gasteiger partial charge in [-0.25, -0.2) is 0 Å². The molecule has 0 radical (unpaired) electrons. The summed E-state index contributed by atoms with van der Waals surface area (Å²) >= 11 is 1.58. The van der Waals surface area contributed by atoms with Crippen molar-refractivity contribution in [3.8, 4) is 0 Å². The maximum absolute atomic E-state index is 6.06. The summed E-state index contributed by atoms with van der Waals surface area (Å²) < 4.78 is 6.06. The molecular formula is C18H32OS. The molecular weight excluding hydrogens is 264 g/mol. The standard InChI is InChI=1S/C18H32OS/c1-5-15(6-2)14(3)16-9-10-17(19-20-4)18(13-16)11-7-8-12-18/h5,14,16-17H,6-13H2,1-4H3/b15-5-. The van der Waals surface area contributed by atoms with Gasteiger partial charge in [0.15, 0.2) is 0 Å². The van der Waals surface area contributed by atoms with Gasteiger partial charge in [-0.05, 0) is 74.7 Å². The molecule has 0 aromatic rings. The van der Waals surface area contributed by atoms with Crippen LogP contribution < -0.4 is 0 Å². The van der Waals surface area contributed by atoms with Crippen molar-refractivity contribution in [2.24, 2.45) is 17.3 Å². The zero-order valence-electron chi connectivity index (χ0n) is 13.8. The Kier molecular flexibility index (Phi) is 6.04. The molecule has 0 aliphatic heterocycles. The molecule has 0 aromatic carbocycles. The van der Waals surface area contributed by atoms with E-state index < -0.39 is 0 Å². The summed E-state index contributed by atoms with van der Waals surface area (Å²) in [7, 11) is 0. The van der Waals surface area contributed by atoms with E-state index in [1.54, 1.807) is 17.6 Å². The van der Waals surface area contributed by atoms with Gasteiger partial charge in [0.1, 0.15) is 0 Å². The van der Waals surface area contributed by atoms with Crippen molar-refractivity contribution in [2.45, 2.75) is 78.2 Å². The van der Waals surface area contributed by atoms with Crippen LogP contribution in [-0.4, -0.2) is 12.4 Å². The third-order valence-corrected chi connectivity index (χ3v) is 6.46. The maximum atomic E-state index is 6.06. The first-order valence-electron chi connectivity index (χ1n) is 8.51. The first-order valence-corrected chi connectivity index (χ1v) is 9.66. The average Bonchev–Trinajstić information content (AvgIpc) is 2.91. The Hall–Kier alpha value is 0.0500. The zero-order chi connectivity index (χ0) is 14.6. The molecule has 2 fully saturated rings. The molecule has 2 saturated carbocycles. The average molecular weight is 297 g/mol. The highest BCUT2D eigenvalue weighted by molar-refractivity contribution is 7.93. The molecule has 1 nitrogen and oxygen atoms in total. The van der Waals surface area contributed by atoms with E-state index in [4.69, 9.17) is 4.18 Å². The van der Waals surface area contributed by atoms with E-state index in [1.165, 1.54) is 51.4 Å². The number of hydrogen-bond acceptors (Lipinski definition) is 2. The first kappa shape index (κ1) is 16.4. The molecule has 0 heterocycles. The van der Waals surface area contributed by atoms with Crippen molar-refractivity contribution >= 4 is 12.0 Å². The lowest BCUT2D eigenvalue weighted by atomic mass is 9.63. The van der Waals surface area contributed by atoms with Gasteiger partial charge in [0.2, 0.25) is 0 Å². The van der Waals surface area contributed by atoms with Gasteiger partial charge in [-0.3, -0.25) is 0 Å². The number of rotatable bonds is 5. The van der Waals surface area contributed by atoms with Gasteiger partial charge < -0.3 is 4.18 Å². The first-order chi connectivity index (χ1) is 9.66. The summed E-state index contributed by atoms with van der Waals surface area (Å²) in [5.74, 6) is 1.64. The van der Waals surface area contributed by atoms with E-state index in [1.807, 2.05) is 0 Å². The van der Waals surface area contributed by atoms with Crippen LogP contribution in [0.5, 0.6) is 0 Å². The Bertz CT molecular complexity index is 330. The van der Waals surface area contributed by atoms with Crippen molar-refractivity contribution in [1.29, 1.82) is 0 Å². The van der Waals surface area contributed by atoms with Gasteiger partial charge in [-0.15, -0.1) is 0 Å². The minimum Gasteiger partial charge on any atom is -0.312 e. The van der Waals surface area contributed by atoms with Crippen molar-refractivity contribution in [1.82, 2.24) is 0 Å². The highest BCUT2D eigenvalue weighted by Crippen LogP contribution is 2.54. The molecule has 0 N–H and O–H groups in total. The minimum absolute atomic E-state index is 0.507. The molecule has 0 saturated heterocycles. The van der Waals surface area contributed by atoms with Crippen LogP contribution in [0.25, 0.3) is 0 Å². The smallest absolute Gasteiger partial charge is 0.0778 e. The van der Waals surface area contributed by atoms with Gasteiger partial charge >= 0.3 is 0 Å². The minimum atomic E-state index is 0.507. The molecule has 2 rings (SSSR count). The van der Waals surface area contributed by atoms with E-state index in [0.717, 1.165) is 11.8 Å². The molecule has 116 valence electrons. The summed E-state index contributed by atoms with van der Waals surface area (Å²) in [6.07, 6.45) is 15.8. The molecule has 0 aromatic heterocycles. The van der Waals surface area contributed by atoms with Crippen molar-refractivity contribution in [3.63, 3.8) is 0 Å². The second kappa shape index (κ2) is 7.35. The lowest BCUT2D eigenvalue weighted by Gasteiger charge is -2.46. The summed E-state index contributed by atoms with van der Waals surface area (Å²) in [6, 6.07) is 0. The van der Waals surface area contributed by atoms with E-state index in [2.05, 4.69) is 33.1 Å². The van der Waals surface area contributed by atoms with Crippen LogP contribution in [0.1, 0.15) is 72.1 Å². The number of hydrogen-bond donors (Lipinski definition) is 0. The van der Waals surface area contributed by atoms with Crippen LogP contribution in [-0.2, 0) is 4.18 Å². The summed E-state index contributed by atoms with van der Waals surface area (Å²) in [5, 5.41) is 0. The Morgan fingerprint density at radius 2 is 2.05 bits per heavy atom. The van der Waals surface area contributed by atoms with Gasteiger partial charge in [-0.2, -0.15) is 0 Å². The van der Waals surface area contributed by atoms with Crippen LogP contribution >= 0.6 is 12.0 Å². The third kappa shape index (κ3) is 3.27. The van der Waals surface area contributed by atoms with E-state index in [-0.39, 0.29) is 0 Å². The van der Waals surface area contributed by atoms with E-state index in [0.29, 0.717) is 11.5 Å². The van der Waals surface area contributed by atoms with Crippen LogP contribution in [0.2, 0.25) is 0 Å².